The zero-order chi connectivity index (χ0) is 13.1. The molecule has 2 rings (SSSR count). The highest BCUT2D eigenvalue weighted by Crippen LogP contribution is 2.17. The molecule has 0 aliphatic carbocycles. The van der Waals surface area contributed by atoms with Crippen LogP contribution in [-0.4, -0.2) is 29.4 Å². The summed E-state index contributed by atoms with van der Waals surface area (Å²) in [6.07, 6.45) is 2.77. The number of rotatable bonds is 2. The summed E-state index contributed by atoms with van der Waals surface area (Å²) in [4.78, 5) is 27.3. The van der Waals surface area contributed by atoms with E-state index in [-0.39, 0.29) is 22.3 Å². The molecule has 1 aliphatic heterocycles. The third-order valence-electron chi connectivity index (χ3n) is 2.71. The number of nitrogen functional groups attached to an aromatic ring is 1. The van der Waals surface area contributed by atoms with Crippen LogP contribution in [0, 0.1) is 0 Å². The SMILES string of the molecule is Nc1cc(C(=O)NC2CCCNC2=O)c(Cl)cn1. The summed E-state index contributed by atoms with van der Waals surface area (Å²) in [6, 6.07) is 0.870. The molecular formula is C11H13ClN4O2. The molecule has 1 aliphatic rings. The first-order valence-corrected chi connectivity index (χ1v) is 5.95. The highest BCUT2D eigenvalue weighted by atomic mass is 35.5. The van der Waals surface area contributed by atoms with Gasteiger partial charge in [-0.2, -0.15) is 0 Å². The first-order valence-electron chi connectivity index (χ1n) is 5.57. The Kier molecular flexibility index (Phi) is 3.66. The molecule has 7 heteroatoms. The highest BCUT2D eigenvalue weighted by molar-refractivity contribution is 6.33. The van der Waals surface area contributed by atoms with Crippen LogP contribution in [0.15, 0.2) is 12.3 Å². The van der Waals surface area contributed by atoms with Crippen LogP contribution in [0.3, 0.4) is 0 Å². The predicted molar refractivity (Wildman–Crippen MR) is 67.2 cm³/mol. The van der Waals surface area contributed by atoms with Gasteiger partial charge in [-0.1, -0.05) is 11.6 Å². The van der Waals surface area contributed by atoms with Crippen molar-refractivity contribution in [2.45, 2.75) is 18.9 Å². The third kappa shape index (κ3) is 2.70. The van der Waals surface area contributed by atoms with Crippen LogP contribution < -0.4 is 16.4 Å². The predicted octanol–water partition coefficient (Wildman–Crippen LogP) is 0.326. The fourth-order valence-electron chi connectivity index (χ4n) is 1.77. The summed E-state index contributed by atoms with van der Waals surface area (Å²) in [5, 5.41) is 5.53. The van der Waals surface area contributed by atoms with E-state index >= 15 is 0 Å². The van der Waals surface area contributed by atoms with Gasteiger partial charge in [-0.3, -0.25) is 9.59 Å². The van der Waals surface area contributed by atoms with Gasteiger partial charge < -0.3 is 16.4 Å². The van der Waals surface area contributed by atoms with Crippen molar-refractivity contribution in [1.82, 2.24) is 15.6 Å². The molecular weight excluding hydrogens is 256 g/mol. The largest absolute Gasteiger partial charge is 0.384 e. The number of nitrogens with zero attached hydrogens (tertiary/aromatic N) is 1. The van der Waals surface area contributed by atoms with Crippen LogP contribution >= 0.6 is 11.6 Å². The number of hydrogen-bond donors (Lipinski definition) is 3. The Morgan fingerprint density at radius 1 is 1.61 bits per heavy atom. The Bertz CT molecular complexity index is 492. The maximum absolute atomic E-state index is 12.0. The van der Waals surface area contributed by atoms with Crippen LogP contribution in [-0.2, 0) is 4.79 Å². The highest BCUT2D eigenvalue weighted by Gasteiger charge is 2.24. The molecule has 0 saturated carbocycles. The number of nitrogens with two attached hydrogens (primary N) is 1. The topological polar surface area (TPSA) is 97.1 Å². The Morgan fingerprint density at radius 2 is 2.39 bits per heavy atom. The minimum absolute atomic E-state index is 0.173. The lowest BCUT2D eigenvalue weighted by Gasteiger charge is -2.22. The molecule has 2 amide bonds. The summed E-state index contributed by atoms with van der Waals surface area (Å²) >= 11 is 5.87. The summed E-state index contributed by atoms with van der Waals surface area (Å²) in [5.41, 5.74) is 5.72. The van der Waals surface area contributed by atoms with Gasteiger partial charge >= 0.3 is 0 Å². The van der Waals surface area contributed by atoms with Gasteiger partial charge in [0.25, 0.3) is 5.91 Å². The van der Waals surface area contributed by atoms with E-state index in [9.17, 15) is 9.59 Å². The first-order chi connectivity index (χ1) is 8.58. The van der Waals surface area contributed by atoms with Gasteiger partial charge in [-0.05, 0) is 18.9 Å². The van der Waals surface area contributed by atoms with Crippen LogP contribution in [0.2, 0.25) is 5.02 Å². The monoisotopic (exact) mass is 268 g/mol. The maximum Gasteiger partial charge on any atom is 0.253 e. The number of nitrogens with one attached hydrogen (secondary N) is 2. The minimum Gasteiger partial charge on any atom is -0.384 e. The Hall–Kier alpha value is -1.82. The second-order valence-electron chi connectivity index (χ2n) is 4.05. The summed E-state index contributed by atoms with van der Waals surface area (Å²) in [5.74, 6) is -0.387. The smallest absolute Gasteiger partial charge is 0.253 e. The van der Waals surface area contributed by atoms with E-state index in [0.717, 1.165) is 6.42 Å². The van der Waals surface area contributed by atoms with Crippen molar-refractivity contribution in [3.05, 3.63) is 22.8 Å². The zero-order valence-electron chi connectivity index (χ0n) is 9.57. The van der Waals surface area contributed by atoms with Crippen molar-refractivity contribution in [3.8, 4) is 0 Å². The molecule has 1 atom stereocenters. The van der Waals surface area contributed by atoms with Crippen LogP contribution in [0.1, 0.15) is 23.2 Å². The molecule has 1 aromatic heterocycles. The van der Waals surface area contributed by atoms with E-state index < -0.39 is 11.9 Å². The average molecular weight is 269 g/mol. The number of carbonyl (C=O) groups is 2. The molecule has 1 fully saturated rings. The number of halogens is 1. The van der Waals surface area contributed by atoms with E-state index in [0.29, 0.717) is 13.0 Å². The number of pyridine rings is 1. The third-order valence-corrected chi connectivity index (χ3v) is 3.01. The second-order valence-corrected chi connectivity index (χ2v) is 4.46. The molecule has 0 radical (unpaired) electrons. The Balaban J connectivity index is 2.11. The summed E-state index contributed by atoms with van der Waals surface area (Å²) in [6.45, 7) is 0.647. The number of anilines is 1. The average Bonchev–Trinajstić information content (AvgIpc) is 2.35. The van der Waals surface area contributed by atoms with Crippen molar-refractivity contribution < 1.29 is 9.59 Å². The molecule has 96 valence electrons. The van der Waals surface area contributed by atoms with Crippen molar-refractivity contribution >= 4 is 29.2 Å². The standard InChI is InChI=1S/C11H13ClN4O2/c12-7-5-15-9(13)4-6(7)10(17)16-8-2-1-3-14-11(8)18/h4-5,8H,1-3H2,(H2,13,15)(H,14,18)(H,16,17). The zero-order valence-corrected chi connectivity index (χ0v) is 10.3. The Labute approximate surface area is 109 Å². The van der Waals surface area contributed by atoms with E-state index in [1.807, 2.05) is 0 Å². The van der Waals surface area contributed by atoms with Gasteiger partial charge in [-0.25, -0.2) is 4.98 Å². The molecule has 1 aromatic rings. The molecule has 1 saturated heterocycles. The quantitative estimate of drug-likeness (QED) is 0.720. The molecule has 4 N–H and O–H groups in total. The van der Waals surface area contributed by atoms with Crippen LogP contribution in [0.5, 0.6) is 0 Å². The van der Waals surface area contributed by atoms with E-state index in [2.05, 4.69) is 15.6 Å². The van der Waals surface area contributed by atoms with Gasteiger partial charge in [0.05, 0.1) is 10.6 Å². The summed E-state index contributed by atoms with van der Waals surface area (Å²) in [7, 11) is 0. The normalized spacial score (nSPS) is 19.2. The first kappa shape index (κ1) is 12.6. The maximum atomic E-state index is 12.0. The molecule has 1 unspecified atom stereocenters. The fourth-order valence-corrected chi connectivity index (χ4v) is 1.96. The van der Waals surface area contributed by atoms with Gasteiger partial charge in [0.1, 0.15) is 11.9 Å². The van der Waals surface area contributed by atoms with Gasteiger partial charge in [-0.15, -0.1) is 0 Å². The van der Waals surface area contributed by atoms with E-state index in [1.165, 1.54) is 12.3 Å². The van der Waals surface area contributed by atoms with Gasteiger partial charge in [0, 0.05) is 12.7 Å². The number of carbonyl (C=O) groups excluding carboxylic acids is 2. The number of piperidine rings is 1. The Morgan fingerprint density at radius 3 is 3.11 bits per heavy atom. The minimum atomic E-state index is -0.517. The molecule has 6 nitrogen and oxygen atoms in total. The van der Waals surface area contributed by atoms with Crippen LogP contribution in [0.25, 0.3) is 0 Å². The van der Waals surface area contributed by atoms with E-state index in [4.69, 9.17) is 17.3 Å². The lowest BCUT2D eigenvalue weighted by atomic mass is 10.1. The lowest BCUT2D eigenvalue weighted by Crippen LogP contribution is -2.50. The number of hydrogen-bond acceptors (Lipinski definition) is 4. The lowest BCUT2D eigenvalue weighted by molar-refractivity contribution is -0.124. The molecule has 0 aromatic carbocycles. The second kappa shape index (κ2) is 5.22. The van der Waals surface area contributed by atoms with Crippen molar-refractivity contribution in [1.29, 1.82) is 0 Å². The van der Waals surface area contributed by atoms with Crippen molar-refractivity contribution in [2.24, 2.45) is 0 Å². The molecule has 0 bridgehead atoms. The number of aromatic nitrogens is 1. The van der Waals surface area contributed by atoms with Crippen molar-refractivity contribution in [2.75, 3.05) is 12.3 Å². The van der Waals surface area contributed by atoms with Gasteiger partial charge in [0.15, 0.2) is 0 Å². The summed E-state index contributed by atoms with van der Waals surface area (Å²) < 4.78 is 0. The number of amides is 2. The fraction of sp³-hybridized carbons (Fsp3) is 0.364. The van der Waals surface area contributed by atoms with Gasteiger partial charge in [0.2, 0.25) is 5.91 Å². The molecule has 2 heterocycles. The van der Waals surface area contributed by atoms with Crippen molar-refractivity contribution in [3.63, 3.8) is 0 Å². The molecule has 0 spiro atoms. The molecule has 18 heavy (non-hydrogen) atoms. The van der Waals surface area contributed by atoms with E-state index in [1.54, 1.807) is 0 Å². The van der Waals surface area contributed by atoms with Crippen LogP contribution in [0.4, 0.5) is 5.82 Å².